The Morgan fingerprint density at radius 1 is 1.47 bits per heavy atom. The molecule has 4 nitrogen and oxygen atoms in total. The lowest BCUT2D eigenvalue weighted by molar-refractivity contribution is -0.137. The van der Waals surface area contributed by atoms with E-state index in [-0.39, 0.29) is 17.9 Å². The monoisotopic (exact) mass is 239 g/mol. The zero-order chi connectivity index (χ0) is 12.7. The third kappa shape index (κ3) is 3.88. The molecule has 0 saturated heterocycles. The van der Waals surface area contributed by atoms with Crippen LogP contribution in [0.5, 0.6) is 0 Å². The van der Waals surface area contributed by atoms with Gasteiger partial charge in [0.15, 0.2) is 0 Å². The molecule has 0 aliphatic heterocycles. The lowest BCUT2D eigenvalue weighted by atomic mass is 10.1. The highest BCUT2D eigenvalue weighted by Crippen LogP contribution is 2.15. The van der Waals surface area contributed by atoms with Crippen molar-refractivity contribution in [1.29, 1.82) is 0 Å². The van der Waals surface area contributed by atoms with Gasteiger partial charge in [-0.1, -0.05) is 12.1 Å². The van der Waals surface area contributed by atoms with Crippen molar-refractivity contribution in [2.45, 2.75) is 6.92 Å². The first-order valence-electron chi connectivity index (χ1n) is 5.11. The summed E-state index contributed by atoms with van der Waals surface area (Å²) >= 11 is 0. The second-order valence-corrected chi connectivity index (χ2v) is 3.10. The second kappa shape index (κ2) is 6.65. The lowest BCUT2D eigenvalue weighted by Crippen LogP contribution is -2.14. The van der Waals surface area contributed by atoms with Gasteiger partial charge in [-0.3, -0.25) is 10.3 Å². The highest BCUT2D eigenvalue weighted by atomic mass is 19.1. The SMILES string of the molecule is CCOC(=O)/C=C(\NOC)c1ccccc1F. The Labute approximate surface area is 99.0 Å². The Hall–Kier alpha value is -1.88. The standard InChI is InChI=1S/C12H14FNO3/c1-3-17-12(15)8-11(14-16-2)9-6-4-5-7-10(9)13/h4-8,14H,3H2,1-2H3/b11-8-. The highest BCUT2D eigenvalue weighted by molar-refractivity contribution is 5.90. The summed E-state index contributed by atoms with van der Waals surface area (Å²) in [4.78, 5) is 16.0. The molecule has 0 amide bonds. The molecule has 0 bridgehead atoms. The summed E-state index contributed by atoms with van der Waals surface area (Å²) in [5.74, 6) is -1.01. The van der Waals surface area contributed by atoms with E-state index in [1.165, 1.54) is 19.2 Å². The van der Waals surface area contributed by atoms with Gasteiger partial charge in [0, 0.05) is 11.6 Å². The molecule has 0 heterocycles. The third-order valence-corrected chi connectivity index (χ3v) is 1.92. The van der Waals surface area contributed by atoms with Gasteiger partial charge >= 0.3 is 5.97 Å². The Kier molecular flexibility index (Phi) is 5.16. The minimum atomic E-state index is -0.560. The van der Waals surface area contributed by atoms with E-state index in [2.05, 4.69) is 5.48 Å². The van der Waals surface area contributed by atoms with Crippen LogP contribution in [0.2, 0.25) is 0 Å². The van der Waals surface area contributed by atoms with Crippen LogP contribution < -0.4 is 5.48 Å². The van der Waals surface area contributed by atoms with Crippen LogP contribution in [0.1, 0.15) is 12.5 Å². The topological polar surface area (TPSA) is 47.6 Å². The van der Waals surface area contributed by atoms with E-state index in [0.717, 1.165) is 6.08 Å². The molecule has 92 valence electrons. The molecule has 0 aliphatic carbocycles. The number of esters is 1. The number of benzene rings is 1. The summed E-state index contributed by atoms with van der Waals surface area (Å²) in [6, 6.07) is 6.06. The zero-order valence-electron chi connectivity index (χ0n) is 9.70. The molecule has 1 aromatic rings. The molecule has 5 heteroatoms. The number of hydroxylamine groups is 1. The van der Waals surface area contributed by atoms with Crippen LogP contribution in [0.4, 0.5) is 4.39 Å². The van der Waals surface area contributed by atoms with E-state index in [1.54, 1.807) is 19.1 Å². The minimum Gasteiger partial charge on any atom is -0.463 e. The summed E-state index contributed by atoms with van der Waals surface area (Å²) in [5.41, 5.74) is 2.90. The van der Waals surface area contributed by atoms with Gasteiger partial charge in [-0.2, -0.15) is 0 Å². The van der Waals surface area contributed by atoms with Gasteiger partial charge in [0.1, 0.15) is 5.82 Å². The molecule has 1 aromatic carbocycles. The van der Waals surface area contributed by atoms with Crippen molar-refractivity contribution < 1.29 is 18.8 Å². The number of nitrogens with one attached hydrogen (secondary N) is 1. The van der Waals surface area contributed by atoms with E-state index < -0.39 is 11.8 Å². The van der Waals surface area contributed by atoms with Crippen LogP contribution in [0, 0.1) is 5.82 Å². The fraction of sp³-hybridized carbons (Fsp3) is 0.250. The molecule has 0 unspecified atom stereocenters. The molecule has 0 fully saturated rings. The van der Waals surface area contributed by atoms with E-state index in [1.807, 2.05) is 0 Å². The lowest BCUT2D eigenvalue weighted by Gasteiger charge is -2.09. The van der Waals surface area contributed by atoms with E-state index >= 15 is 0 Å². The number of carbonyl (C=O) groups is 1. The highest BCUT2D eigenvalue weighted by Gasteiger charge is 2.09. The summed E-state index contributed by atoms with van der Waals surface area (Å²) in [5, 5.41) is 0. The van der Waals surface area contributed by atoms with Gasteiger partial charge in [-0.05, 0) is 19.1 Å². The minimum absolute atomic E-state index is 0.212. The summed E-state index contributed by atoms with van der Waals surface area (Å²) in [6.45, 7) is 1.95. The number of hydrogen-bond donors (Lipinski definition) is 1. The molecule has 0 spiro atoms. The predicted molar refractivity (Wildman–Crippen MR) is 61.2 cm³/mol. The maximum Gasteiger partial charge on any atom is 0.332 e. The summed E-state index contributed by atoms with van der Waals surface area (Å²) in [7, 11) is 1.37. The van der Waals surface area contributed by atoms with Gasteiger partial charge in [0.05, 0.1) is 19.4 Å². The van der Waals surface area contributed by atoms with Gasteiger partial charge in [0.25, 0.3) is 0 Å². The van der Waals surface area contributed by atoms with Gasteiger partial charge < -0.3 is 4.74 Å². The van der Waals surface area contributed by atoms with Crippen LogP contribution in [0.15, 0.2) is 30.3 Å². The molecule has 0 saturated carbocycles. The van der Waals surface area contributed by atoms with Crippen molar-refractivity contribution in [2.24, 2.45) is 0 Å². The predicted octanol–water partition coefficient (Wildman–Crippen LogP) is 1.88. The molecule has 0 radical (unpaired) electrons. The number of rotatable bonds is 5. The third-order valence-electron chi connectivity index (χ3n) is 1.92. The molecular weight excluding hydrogens is 225 g/mol. The fourth-order valence-corrected chi connectivity index (χ4v) is 1.25. The average Bonchev–Trinajstić information content (AvgIpc) is 2.29. The van der Waals surface area contributed by atoms with E-state index in [0.29, 0.717) is 0 Å². The van der Waals surface area contributed by atoms with Crippen molar-refractivity contribution >= 4 is 11.7 Å². The van der Waals surface area contributed by atoms with Crippen molar-refractivity contribution in [3.8, 4) is 0 Å². The van der Waals surface area contributed by atoms with Crippen molar-refractivity contribution in [2.75, 3.05) is 13.7 Å². The molecule has 1 rings (SSSR count). The van der Waals surface area contributed by atoms with Crippen LogP contribution in [0.25, 0.3) is 5.70 Å². The average molecular weight is 239 g/mol. The van der Waals surface area contributed by atoms with Crippen molar-refractivity contribution in [3.05, 3.63) is 41.7 Å². The quantitative estimate of drug-likeness (QED) is 0.484. The second-order valence-electron chi connectivity index (χ2n) is 3.10. The van der Waals surface area contributed by atoms with Crippen LogP contribution in [-0.4, -0.2) is 19.7 Å². The Balaban J connectivity index is 3.01. The smallest absolute Gasteiger partial charge is 0.332 e. The van der Waals surface area contributed by atoms with Crippen molar-refractivity contribution in [3.63, 3.8) is 0 Å². The molecule has 1 N–H and O–H groups in total. The van der Waals surface area contributed by atoms with Crippen LogP contribution in [-0.2, 0) is 14.4 Å². The first-order valence-corrected chi connectivity index (χ1v) is 5.11. The summed E-state index contributed by atoms with van der Waals surface area (Å²) < 4.78 is 18.3. The largest absolute Gasteiger partial charge is 0.463 e. The maximum absolute atomic E-state index is 13.5. The molecule has 0 aromatic heterocycles. The van der Waals surface area contributed by atoms with Gasteiger partial charge in [-0.25, -0.2) is 9.18 Å². The van der Waals surface area contributed by atoms with Gasteiger partial charge in [-0.15, -0.1) is 0 Å². The van der Waals surface area contributed by atoms with Crippen LogP contribution >= 0.6 is 0 Å². The Morgan fingerprint density at radius 3 is 2.76 bits per heavy atom. The van der Waals surface area contributed by atoms with Gasteiger partial charge in [0.2, 0.25) is 0 Å². The first-order chi connectivity index (χ1) is 8.19. The van der Waals surface area contributed by atoms with E-state index in [4.69, 9.17) is 9.57 Å². The molecule has 17 heavy (non-hydrogen) atoms. The molecule has 0 atom stereocenters. The fourth-order valence-electron chi connectivity index (χ4n) is 1.25. The first kappa shape index (κ1) is 13.2. The number of carbonyl (C=O) groups excluding carboxylic acids is 1. The molecular formula is C12H14FNO3. The Bertz CT molecular complexity index is 418. The molecule has 0 aliphatic rings. The summed E-state index contributed by atoms with van der Waals surface area (Å²) in [6.07, 6.45) is 1.14. The Morgan fingerprint density at radius 2 is 2.18 bits per heavy atom. The number of halogens is 1. The maximum atomic E-state index is 13.5. The zero-order valence-corrected chi connectivity index (χ0v) is 9.70. The normalized spacial score (nSPS) is 11.1. The van der Waals surface area contributed by atoms with E-state index in [9.17, 15) is 9.18 Å². The number of hydrogen-bond acceptors (Lipinski definition) is 4. The van der Waals surface area contributed by atoms with Crippen LogP contribution in [0.3, 0.4) is 0 Å². The van der Waals surface area contributed by atoms with Crippen molar-refractivity contribution in [1.82, 2.24) is 5.48 Å². The number of ether oxygens (including phenoxy) is 1.